The second-order valence-corrected chi connectivity index (χ2v) is 10.8. The number of carbonyl (C=O) groups is 3. The van der Waals surface area contributed by atoms with Crippen molar-refractivity contribution in [2.45, 2.75) is 4.90 Å². The normalized spacial score (nSPS) is 13.6. The summed E-state index contributed by atoms with van der Waals surface area (Å²) in [5.74, 6) is -0.264. The van der Waals surface area contributed by atoms with Crippen molar-refractivity contribution >= 4 is 44.7 Å². The monoisotopic (exact) mass is 558 g/mol. The molecule has 1 N–H and O–H groups in total. The molecular formula is C29H26N4O6S. The Bertz CT molecular complexity index is 1690. The van der Waals surface area contributed by atoms with E-state index in [4.69, 9.17) is 4.74 Å². The maximum Gasteiger partial charge on any atom is 0.264 e. The van der Waals surface area contributed by atoms with E-state index in [0.717, 1.165) is 0 Å². The van der Waals surface area contributed by atoms with Crippen LogP contribution in [0.2, 0.25) is 0 Å². The highest BCUT2D eigenvalue weighted by Gasteiger charge is 2.28. The van der Waals surface area contributed by atoms with Gasteiger partial charge in [-0.2, -0.15) is 0 Å². The van der Waals surface area contributed by atoms with Gasteiger partial charge in [0.05, 0.1) is 23.8 Å². The Labute approximate surface area is 231 Å². The lowest BCUT2D eigenvalue weighted by Gasteiger charge is -2.35. The molecule has 0 bridgehead atoms. The molecule has 0 unspecified atom stereocenters. The fourth-order valence-corrected chi connectivity index (χ4v) is 5.93. The first-order chi connectivity index (χ1) is 19.3. The van der Waals surface area contributed by atoms with Gasteiger partial charge in [-0.1, -0.05) is 24.3 Å². The average molecular weight is 559 g/mol. The van der Waals surface area contributed by atoms with E-state index in [1.54, 1.807) is 70.6 Å². The van der Waals surface area contributed by atoms with Crippen molar-refractivity contribution in [1.29, 1.82) is 0 Å². The average Bonchev–Trinajstić information content (AvgIpc) is 2.99. The standard InChI is InChI=1S/C29H26N4O6S/c1-39-27-22(19-34)6-2-8-24(27)29(36)33-17-15-32(16-18-33)28(35)21-10-12-23(13-11-21)31-40(37,38)25-9-3-5-20-7-4-14-30-26(20)25/h2-14,19,31H,15-18H2,1H3. The van der Waals surface area contributed by atoms with Crippen LogP contribution >= 0.6 is 0 Å². The maximum atomic E-state index is 13.1. The van der Waals surface area contributed by atoms with E-state index >= 15 is 0 Å². The van der Waals surface area contributed by atoms with Crippen molar-refractivity contribution in [3.05, 3.63) is 95.7 Å². The molecule has 0 atom stereocenters. The van der Waals surface area contributed by atoms with Crippen LogP contribution < -0.4 is 9.46 Å². The van der Waals surface area contributed by atoms with E-state index in [9.17, 15) is 22.8 Å². The number of hydrogen-bond acceptors (Lipinski definition) is 7. The lowest BCUT2D eigenvalue weighted by atomic mass is 10.1. The van der Waals surface area contributed by atoms with Crippen molar-refractivity contribution < 1.29 is 27.5 Å². The smallest absolute Gasteiger partial charge is 0.264 e. The quantitative estimate of drug-likeness (QED) is 0.344. The van der Waals surface area contributed by atoms with Gasteiger partial charge in [0.2, 0.25) is 0 Å². The van der Waals surface area contributed by atoms with Crippen molar-refractivity contribution in [3.63, 3.8) is 0 Å². The molecule has 4 aromatic rings. The number of methoxy groups -OCH3 is 1. The lowest BCUT2D eigenvalue weighted by molar-refractivity contribution is 0.0533. The molecule has 2 amide bonds. The van der Waals surface area contributed by atoms with Crippen LogP contribution in [0.25, 0.3) is 10.9 Å². The maximum absolute atomic E-state index is 13.1. The molecule has 0 spiro atoms. The minimum atomic E-state index is -3.91. The number of anilines is 1. The summed E-state index contributed by atoms with van der Waals surface area (Å²) in [4.78, 5) is 45.0. The molecule has 3 aromatic carbocycles. The number of aromatic nitrogens is 1. The number of rotatable bonds is 7. The third-order valence-corrected chi connectivity index (χ3v) is 8.14. The molecule has 0 radical (unpaired) electrons. The summed E-state index contributed by atoms with van der Waals surface area (Å²) in [5.41, 5.74) is 1.67. The van der Waals surface area contributed by atoms with Crippen LogP contribution in [0.1, 0.15) is 31.1 Å². The van der Waals surface area contributed by atoms with Crippen molar-refractivity contribution in [1.82, 2.24) is 14.8 Å². The number of carbonyl (C=O) groups excluding carboxylic acids is 3. The van der Waals surface area contributed by atoms with Crippen LogP contribution in [0, 0.1) is 0 Å². The number of piperazine rings is 1. The molecular weight excluding hydrogens is 532 g/mol. The van der Waals surface area contributed by atoms with Gasteiger partial charge < -0.3 is 14.5 Å². The molecule has 2 heterocycles. The molecule has 1 aliphatic rings. The van der Waals surface area contributed by atoms with Gasteiger partial charge in [0.25, 0.3) is 21.8 Å². The second-order valence-electron chi connectivity index (χ2n) is 9.14. The largest absolute Gasteiger partial charge is 0.495 e. The van der Waals surface area contributed by atoms with E-state index in [1.165, 1.54) is 25.3 Å². The van der Waals surface area contributed by atoms with Gasteiger partial charge in [0.1, 0.15) is 10.6 Å². The molecule has 10 nitrogen and oxygen atoms in total. The summed E-state index contributed by atoms with van der Waals surface area (Å²) in [6.45, 7) is 1.28. The van der Waals surface area contributed by atoms with Gasteiger partial charge >= 0.3 is 0 Å². The number of nitrogens with one attached hydrogen (secondary N) is 1. The third kappa shape index (κ3) is 5.23. The van der Waals surface area contributed by atoms with Crippen molar-refractivity contribution in [3.8, 4) is 5.75 Å². The molecule has 1 fully saturated rings. The Balaban J connectivity index is 1.23. The van der Waals surface area contributed by atoms with Crippen LogP contribution in [0.3, 0.4) is 0 Å². The molecule has 11 heteroatoms. The number of fused-ring (bicyclic) bond motifs is 1. The van der Waals surface area contributed by atoms with Crippen LogP contribution in [0.5, 0.6) is 5.75 Å². The van der Waals surface area contributed by atoms with E-state index in [2.05, 4.69) is 9.71 Å². The van der Waals surface area contributed by atoms with Gasteiger partial charge in [0, 0.05) is 49.0 Å². The summed E-state index contributed by atoms with van der Waals surface area (Å²) >= 11 is 0. The zero-order chi connectivity index (χ0) is 28.3. The van der Waals surface area contributed by atoms with Gasteiger partial charge in [-0.05, 0) is 48.5 Å². The zero-order valence-electron chi connectivity index (χ0n) is 21.6. The number of hydrogen-bond donors (Lipinski definition) is 1. The van der Waals surface area contributed by atoms with E-state index in [-0.39, 0.29) is 22.5 Å². The molecule has 1 aromatic heterocycles. The SMILES string of the molecule is COc1c(C=O)cccc1C(=O)N1CCN(C(=O)c2ccc(NS(=O)(=O)c3cccc4cccnc34)cc2)CC1. The minimum absolute atomic E-state index is 0.0636. The first-order valence-corrected chi connectivity index (χ1v) is 14.0. The fourth-order valence-electron chi connectivity index (χ4n) is 4.69. The first-order valence-electron chi connectivity index (χ1n) is 12.5. The van der Waals surface area contributed by atoms with Gasteiger partial charge in [-0.25, -0.2) is 8.42 Å². The highest BCUT2D eigenvalue weighted by molar-refractivity contribution is 7.93. The Morgan fingerprint density at radius 2 is 1.52 bits per heavy atom. The number of pyridine rings is 1. The summed E-state index contributed by atoms with van der Waals surface area (Å²) in [7, 11) is -2.50. The molecule has 204 valence electrons. The van der Waals surface area contributed by atoms with Crippen LogP contribution in [-0.4, -0.2) is 74.6 Å². The Morgan fingerprint density at radius 3 is 2.20 bits per heavy atom. The van der Waals surface area contributed by atoms with Gasteiger partial charge in [-0.3, -0.25) is 24.1 Å². The van der Waals surface area contributed by atoms with Crippen LogP contribution in [0.4, 0.5) is 5.69 Å². The van der Waals surface area contributed by atoms with Gasteiger partial charge in [0.15, 0.2) is 6.29 Å². The predicted octanol–water partition coefficient (Wildman–Crippen LogP) is 3.45. The third-order valence-electron chi connectivity index (χ3n) is 6.73. The van der Waals surface area contributed by atoms with E-state index in [0.29, 0.717) is 65.7 Å². The molecule has 0 saturated carbocycles. The molecule has 1 saturated heterocycles. The van der Waals surface area contributed by atoms with E-state index in [1.807, 2.05) is 0 Å². The number of amides is 2. The van der Waals surface area contributed by atoms with Crippen molar-refractivity contribution in [2.24, 2.45) is 0 Å². The predicted molar refractivity (Wildman–Crippen MR) is 149 cm³/mol. The van der Waals surface area contributed by atoms with Crippen LogP contribution in [0.15, 0.2) is 83.9 Å². The fraction of sp³-hybridized carbons (Fsp3) is 0.172. The number of nitrogens with zero attached hydrogens (tertiary/aromatic N) is 3. The second kappa shape index (κ2) is 11.1. The lowest BCUT2D eigenvalue weighted by Crippen LogP contribution is -2.50. The van der Waals surface area contributed by atoms with Crippen molar-refractivity contribution in [2.75, 3.05) is 38.0 Å². The number of para-hydroxylation sites is 2. The molecule has 5 rings (SSSR count). The minimum Gasteiger partial charge on any atom is -0.495 e. The van der Waals surface area contributed by atoms with Crippen LogP contribution in [-0.2, 0) is 10.0 Å². The Kier molecular flexibility index (Phi) is 7.47. The van der Waals surface area contributed by atoms with Gasteiger partial charge in [-0.15, -0.1) is 0 Å². The Hall–Kier alpha value is -4.77. The topological polar surface area (TPSA) is 126 Å². The van der Waals surface area contributed by atoms with E-state index < -0.39 is 10.0 Å². The summed E-state index contributed by atoms with van der Waals surface area (Å²) in [5, 5.41) is 0.710. The number of sulfonamides is 1. The number of benzene rings is 3. The Morgan fingerprint density at radius 1 is 0.875 bits per heavy atom. The summed E-state index contributed by atoms with van der Waals surface area (Å²) < 4.78 is 34.0. The first kappa shape index (κ1) is 26.8. The molecule has 0 aliphatic carbocycles. The summed E-state index contributed by atoms with van der Waals surface area (Å²) in [6, 6.07) is 19.5. The number of ether oxygens (including phenoxy) is 1. The number of aldehydes is 1. The molecule has 1 aliphatic heterocycles. The zero-order valence-corrected chi connectivity index (χ0v) is 22.4. The highest BCUT2D eigenvalue weighted by atomic mass is 32.2. The summed E-state index contributed by atoms with van der Waals surface area (Å²) in [6.07, 6.45) is 2.18. The highest BCUT2D eigenvalue weighted by Crippen LogP contribution is 2.26. The molecule has 40 heavy (non-hydrogen) atoms.